The fourth-order valence-corrected chi connectivity index (χ4v) is 5.08. The van der Waals surface area contributed by atoms with Gasteiger partial charge in [-0.05, 0) is 47.9 Å². The molecule has 7 nitrogen and oxygen atoms in total. The minimum absolute atomic E-state index is 0.0399. The summed E-state index contributed by atoms with van der Waals surface area (Å²) in [5, 5.41) is 24.3. The number of aromatic nitrogens is 1. The average molecular weight is 561 g/mol. The van der Waals surface area contributed by atoms with Gasteiger partial charge in [0.2, 0.25) is 0 Å². The van der Waals surface area contributed by atoms with E-state index < -0.39 is 5.97 Å². The van der Waals surface area contributed by atoms with Crippen LogP contribution in [0.25, 0.3) is 10.9 Å². The van der Waals surface area contributed by atoms with Gasteiger partial charge in [0, 0.05) is 54.6 Å². The summed E-state index contributed by atoms with van der Waals surface area (Å²) in [6, 6.07) is 21.8. The molecule has 0 saturated carbocycles. The van der Waals surface area contributed by atoms with Crippen LogP contribution < -0.4 is 5.32 Å². The number of aromatic amines is 1. The molecule has 0 radical (unpaired) electrons. The van der Waals surface area contributed by atoms with Gasteiger partial charge in [0.25, 0.3) is 0 Å². The van der Waals surface area contributed by atoms with Crippen molar-refractivity contribution in [3.8, 4) is 5.88 Å². The summed E-state index contributed by atoms with van der Waals surface area (Å²) in [5.74, 6) is -0.793. The normalized spacial score (nSPS) is 14.8. The van der Waals surface area contributed by atoms with Crippen molar-refractivity contribution >= 4 is 44.2 Å². The summed E-state index contributed by atoms with van der Waals surface area (Å²) in [7, 11) is 0. The van der Waals surface area contributed by atoms with Gasteiger partial charge in [-0.15, -0.1) is 0 Å². The number of hydrogen-bond acceptors (Lipinski definition) is 5. The van der Waals surface area contributed by atoms with E-state index in [1.807, 2.05) is 54.6 Å². The summed E-state index contributed by atoms with van der Waals surface area (Å²) >= 11 is 3.50. The summed E-state index contributed by atoms with van der Waals surface area (Å²) in [6.07, 6.45) is 0.473. The molecule has 5 rings (SSSR count). The van der Waals surface area contributed by atoms with E-state index >= 15 is 0 Å². The van der Waals surface area contributed by atoms with Crippen LogP contribution in [0.3, 0.4) is 0 Å². The molecule has 2 heterocycles. The molecule has 0 spiro atoms. The highest BCUT2D eigenvalue weighted by Crippen LogP contribution is 2.33. The van der Waals surface area contributed by atoms with Gasteiger partial charge in [0.05, 0.1) is 22.5 Å². The number of H-pyrrole nitrogens is 1. The topological polar surface area (TPSA) is 101 Å². The third-order valence-electron chi connectivity index (χ3n) is 6.60. The van der Waals surface area contributed by atoms with E-state index in [9.17, 15) is 9.90 Å². The Labute approximate surface area is 224 Å². The van der Waals surface area contributed by atoms with Crippen molar-refractivity contribution in [2.24, 2.45) is 4.99 Å². The molecule has 0 amide bonds. The SMILES string of the molecule is O=C(O)CCc1cccc(C(=Nc2ccc(CN3CCNCC3)cc2)c2c(O)[nH]c3cc(Br)ccc23)c1. The molecule has 1 aromatic heterocycles. The summed E-state index contributed by atoms with van der Waals surface area (Å²) in [5.41, 5.74) is 5.76. The Hall–Kier alpha value is -3.46. The highest BCUT2D eigenvalue weighted by molar-refractivity contribution is 9.10. The zero-order chi connectivity index (χ0) is 25.8. The molecule has 0 bridgehead atoms. The number of aliphatic carboxylic acids is 1. The Kier molecular flexibility index (Phi) is 7.69. The number of aliphatic imine (C=N–C) groups is 1. The van der Waals surface area contributed by atoms with Gasteiger partial charge in [-0.3, -0.25) is 9.69 Å². The average Bonchev–Trinajstić information content (AvgIpc) is 3.22. The number of aromatic hydroxyl groups is 1. The summed E-state index contributed by atoms with van der Waals surface area (Å²) in [4.78, 5) is 21.6. The third-order valence-corrected chi connectivity index (χ3v) is 7.09. The maximum atomic E-state index is 11.1. The third kappa shape index (κ3) is 6.10. The van der Waals surface area contributed by atoms with Crippen molar-refractivity contribution in [1.29, 1.82) is 0 Å². The summed E-state index contributed by atoms with van der Waals surface area (Å²) in [6.45, 7) is 5.02. The van der Waals surface area contributed by atoms with E-state index in [0.717, 1.165) is 64.9 Å². The van der Waals surface area contributed by atoms with Gasteiger partial charge in [-0.1, -0.05) is 52.3 Å². The number of carbonyl (C=O) groups is 1. The van der Waals surface area contributed by atoms with Gasteiger partial charge in [0.15, 0.2) is 5.88 Å². The van der Waals surface area contributed by atoms with Gasteiger partial charge >= 0.3 is 5.97 Å². The molecular weight excluding hydrogens is 532 g/mol. The molecule has 190 valence electrons. The number of carboxylic acid groups (broad SMARTS) is 1. The molecule has 4 aromatic rings. The van der Waals surface area contributed by atoms with Crippen molar-refractivity contribution in [2.75, 3.05) is 26.2 Å². The fourth-order valence-electron chi connectivity index (χ4n) is 4.72. The number of aryl methyl sites for hydroxylation is 1. The number of nitrogens with zero attached hydrogens (tertiary/aromatic N) is 2. The monoisotopic (exact) mass is 560 g/mol. The first-order valence-electron chi connectivity index (χ1n) is 12.4. The molecular formula is C29H29BrN4O3. The van der Waals surface area contributed by atoms with Crippen molar-refractivity contribution in [3.63, 3.8) is 0 Å². The quantitative estimate of drug-likeness (QED) is 0.221. The maximum absolute atomic E-state index is 11.1. The van der Waals surface area contributed by atoms with Gasteiger partial charge < -0.3 is 20.5 Å². The molecule has 1 aliphatic heterocycles. The van der Waals surface area contributed by atoms with Crippen molar-refractivity contribution < 1.29 is 15.0 Å². The van der Waals surface area contributed by atoms with Crippen LogP contribution in [0.2, 0.25) is 0 Å². The van der Waals surface area contributed by atoms with Crippen LogP contribution in [0.5, 0.6) is 5.88 Å². The highest BCUT2D eigenvalue weighted by atomic mass is 79.9. The van der Waals surface area contributed by atoms with Crippen LogP contribution in [0.15, 0.2) is 76.2 Å². The van der Waals surface area contributed by atoms with Crippen molar-refractivity contribution in [3.05, 3.63) is 93.5 Å². The highest BCUT2D eigenvalue weighted by Gasteiger charge is 2.19. The van der Waals surface area contributed by atoms with E-state index in [0.29, 0.717) is 17.7 Å². The number of hydrogen-bond donors (Lipinski definition) is 4. The lowest BCUT2D eigenvalue weighted by Crippen LogP contribution is -2.42. The zero-order valence-corrected chi connectivity index (χ0v) is 22.0. The molecule has 37 heavy (non-hydrogen) atoms. The van der Waals surface area contributed by atoms with Crippen molar-refractivity contribution in [1.82, 2.24) is 15.2 Å². The van der Waals surface area contributed by atoms with Crippen LogP contribution in [0, 0.1) is 0 Å². The fraction of sp³-hybridized carbons (Fsp3) is 0.241. The standard InChI is InChI=1S/C29H29BrN4O3/c30-22-7-10-24-25(17-22)33-29(37)27(24)28(21-3-1-2-19(16-21)6-11-26(35)36)32-23-8-4-20(5-9-23)18-34-14-12-31-13-15-34/h1-5,7-10,16-17,31,33,37H,6,11-15,18H2,(H,35,36). The lowest BCUT2D eigenvalue weighted by Gasteiger charge is -2.27. The van der Waals surface area contributed by atoms with Gasteiger partial charge in [-0.25, -0.2) is 4.99 Å². The Morgan fingerprint density at radius 1 is 1.00 bits per heavy atom. The molecule has 0 aliphatic carbocycles. The molecule has 1 fully saturated rings. The van der Waals surface area contributed by atoms with E-state index in [-0.39, 0.29) is 12.3 Å². The van der Waals surface area contributed by atoms with Crippen LogP contribution in [0.4, 0.5) is 5.69 Å². The van der Waals surface area contributed by atoms with Crippen LogP contribution >= 0.6 is 15.9 Å². The van der Waals surface area contributed by atoms with Crippen LogP contribution in [0.1, 0.15) is 28.7 Å². The minimum Gasteiger partial charge on any atom is -0.494 e. The molecule has 3 aromatic carbocycles. The second-order valence-corrected chi connectivity index (χ2v) is 10.2. The molecule has 4 N–H and O–H groups in total. The number of halogens is 1. The lowest BCUT2D eigenvalue weighted by atomic mass is 9.97. The largest absolute Gasteiger partial charge is 0.494 e. The second kappa shape index (κ2) is 11.3. The number of benzene rings is 3. The Morgan fingerprint density at radius 2 is 1.78 bits per heavy atom. The number of carboxylic acids is 1. The van der Waals surface area contributed by atoms with Crippen molar-refractivity contribution in [2.45, 2.75) is 19.4 Å². The predicted molar refractivity (Wildman–Crippen MR) is 150 cm³/mol. The molecule has 8 heteroatoms. The number of rotatable bonds is 8. The molecule has 0 unspecified atom stereocenters. The van der Waals surface area contributed by atoms with Crippen LogP contribution in [-0.2, 0) is 17.8 Å². The van der Waals surface area contributed by atoms with Gasteiger partial charge in [-0.2, -0.15) is 0 Å². The summed E-state index contributed by atoms with van der Waals surface area (Å²) < 4.78 is 0.905. The smallest absolute Gasteiger partial charge is 0.303 e. The first-order valence-corrected chi connectivity index (χ1v) is 13.2. The predicted octanol–water partition coefficient (Wildman–Crippen LogP) is 5.23. The minimum atomic E-state index is -0.833. The molecule has 1 saturated heterocycles. The number of fused-ring (bicyclic) bond motifs is 1. The van der Waals surface area contributed by atoms with E-state index in [2.05, 4.69) is 43.3 Å². The van der Waals surface area contributed by atoms with E-state index in [1.165, 1.54) is 5.56 Å². The van der Waals surface area contributed by atoms with E-state index in [4.69, 9.17) is 10.1 Å². The molecule has 0 atom stereocenters. The molecule has 1 aliphatic rings. The lowest BCUT2D eigenvalue weighted by molar-refractivity contribution is -0.136. The first kappa shape index (κ1) is 25.2. The van der Waals surface area contributed by atoms with E-state index in [1.54, 1.807) is 0 Å². The Morgan fingerprint density at radius 3 is 2.54 bits per heavy atom. The Balaban J connectivity index is 1.54. The van der Waals surface area contributed by atoms with Crippen LogP contribution in [-0.4, -0.2) is 58.0 Å². The number of piperazine rings is 1. The number of nitrogens with one attached hydrogen (secondary N) is 2. The zero-order valence-electron chi connectivity index (χ0n) is 20.4. The Bertz CT molecular complexity index is 1440. The maximum Gasteiger partial charge on any atom is 0.303 e. The van der Waals surface area contributed by atoms with Gasteiger partial charge in [0.1, 0.15) is 0 Å². The second-order valence-electron chi connectivity index (χ2n) is 9.29. The first-order chi connectivity index (χ1) is 18.0.